The van der Waals surface area contributed by atoms with E-state index in [4.69, 9.17) is 24.7 Å². The first-order chi connectivity index (χ1) is 21.7. The van der Waals surface area contributed by atoms with Gasteiger partial charge < -0.3 is 37.1 Å². The summed E-state index contributed by atoms with van der Waals surface area (Å²) in [6, 6.07) is 5.22. The maximum Gasteiger partial charge on any atom is 0.254 e. The van der Waals surface area contributed by atoms with E-state index in [1.807, 2.05) is 10.8 Å². The van der Waals surface area contributed by atoms with Gasteiger partial charge in [0, 0.05) is 24.9 Å². The molecule has 1 unspecified atom stereocenters. The van der Waals surface area contributed by atoms with Crippen molar-refractivity contribution in [3.05, 3.63) is 48.7 Å². The van der Waals surface area contributed by atoms with Gasteiger partial charge in [0.15, 0.2) is 18.9 Å². The molecule has 45 heavy (non-hydrogen) atoms. The molecule has 9 nitrogen and oxygen atoms in total. The second-order valence-corrected chi connectivity index (χ2v) is 11.5. The molecule has 0 radical (unpaired) electrons. The third-order valence-electron chi connectivity index (χ3n) is 7.60. The second-order valence-electron chi connectivity index (χ2n) is 11.5. The SMILES string of the molecule is CCCCCCCCCCCCCCCCCCOCC(COCCOCC[n+]1cccc(C(N)=O)c1)Oc1ccncn1.[Cl-]. The number of rotatable bonds is 30. The summed E-state index contributed by atoms with van der Waals surface area (Å²) in [5.74, 6) is 0.0625. The van der Waals surface area contributed by atoms with Crippen LogP contribution in [-0.4, -0.2) is 61.6 Å². The van der Waals surface area contributed by atoms with Crippen molar-refractivity contribution in [2.45, 2.75) is 122 Å². The predicted octanol–water partition coefficient (Wildman–Crippen LogP) is 3.63. The van der Waals surface area contributed by atoms with E-state index in [9.17, 15) is 4.79 Å². The predicted molar refractivity (Wildman–Crippen MR) is 174 cm³/mol. The van der Waals surface area contributed by atoms with Crippen LogP contribution in [0, 0.1) is 0 Å². The number of carbonyl (C=O) groups is 1. The van der Waals surface area contributed by atoms with Gasteiger partial charge in [0.1, 0.15) is 24.6 Å². The zero-order chi connectivity index (χ0) is 31.3. The van der Waals surface area contributed by atoms with Crippen LogP contribution in [0.2, 0.25) is 0 Å². The summed E-state index contributed by atoms with van der Waals surface area (Å²) in [5, 5.41) is 0. The lowest BCUT2D eigenvalue weighted by Gasteiger charge is -2.18. The van der Waals surface area contributed by atoms with Gasteiger partial charge in [0.05, 0.1) is 26.4 Å². The van der Waals surface area contributed by atoms with E-state index in [1.165, 1.54) is 103 Å². The van der Waals surface area contributed by atoms with Crippen LogP contribution >= 0.6 is 0 Å². The number of hydrogen-bond acceptors (Lipinski definition) is 7. The molecule has 0 saturated carbocycles. The fraction of sp³-hybridized carbons (Fsp3) is 0.714. The van der Waals surface area contributed by atoms with Crippen LogP contribution in [0.5, 0.6) is 5.88 Å². The Hall–Kier alpha value is -2.33. The van der Waals surface area contributed by atoms with E-state index < -0.39 is 5.91 Å². The van der Waals surface area contributed by atoms with E-state index in [0.717, 1.165) is 13.0 Å². The molecule has 1 atom stereocenters. The van der Waals surface area contributed by atoms with E-state index >= 15 is 0 Å². The van der Waals surface area contributed by atoms with Crippen molar-refractivity contribution < 1.29 is 40.7 Å². The number of nitrogens with zero attached hydrogens (tertiary/aromatic N) is 3. The lowest BCUT2D eigenvalue weighted by Crippen LogP contribution is -3.00. The molecule has 0 aliphatic heterocycles. The molecule has 2 aromatic heterocycles. The minimum Gasteiger partial charge on any atom is -1.00 e. The number of amides is 1. The number of halogens is 1. The first-order valence-corrected chi connectivity index (χ1v) is 17.1. The molecule has 10 heteroatoms. The normalized spacial score (nSPS) is 11.7. The molecule has 0 aliphatic carbocycles. The van der Waals surface area contributed by atoms with Crippen LogP contribution in [0.1, 0.15) is 120 Å². The van der Waals surface area contributed by atoms with Crippen molar-refractivity contribution in [3.63, 3.8) is 0 Å². The maximum absolute atomic E-state index is 11.3. The van der Waals surface area contributed by atoms with Crippen LogP contribution < -0.4 is 27.4 Å². The Morgan fingerprint density at radius 1 is 0.778 bits per heavy atom. The van der Waals surface area contributed by atoms with E-state index in [1.54, 1.807) is 30.6 Å². The highest BCUT2D eigenvalue weighted by atomic mass is 35.5. The van der Waals surface area contributed by atoms with Crippen molar-refractivity contribution in [3.8, 4) is 5.88 Å². The van der Waals surface area contributed by atoms with Crippen molar-refractivity contribution in [2.24, 2.45) is 5.73 Å². The summed E-state index contributed by atoms with van der Waals surface area (Å²) in [7, 11) is 0. The van der Waals surface area contributed by atoms with Gasteiger partial charge in [-0.3, -0.25) is 4.79 Å². The molecule has 2 N–H and O–H groups in total. The average molecular weight is 651 g/mol. The van der Waals surface area contributed by atoms with Crippen LogP contribution in [0.4, 0.5) is 0 Å². The molecule has 0 bridgehead atoms. The van der Waals surface area contributed by atoms with Crippen LogP contribution in [0.3, 0.4) is 0 Å². The fourth-order valence-corrected chi connectivity index (χ4v) is 5.01. The molecule has 256 valence electrons. The molecule has 2 aromatic rings. The summed E-state index contributed by atoms with van der Waals surface area (Å²) >= 11 is 0. The van der Waals surface area contributed by atoms with Gasteiger partial charge in [-0.1, -0.05) is 103 Å². The van der Waals surface area contributed by atoms with Crippen molar-refractivity contribution >= 4 is 5.91 Å². The highest BCUT2D eigenvalue weighted by Crippen LogP contribution is 2.14. The quantitative estimate of drug-likeness (QED) is 0.102. The van der Waals surface area contributed by atoms with E-state index in [0.29, 0.717) is 51.0 Å². The van der Waals surface area contributed by atoms with Crippen LogP contribution in [0.25, 0.3) is 0 Å². The standard InChI is InChI=1S/C35H58N4O5.ClH/c1-2-3-4-5-6-7-8-9-10-11-12-13-14-15-16-17-24-42-29-33(44-34-20-21-37-31-38-34)30-43-27-26-41-25-23-39-22-18-19-32(28-39)35(36)40;/h18-22,28,31,33H,2-17,23-27,29-30H2,1H3,(H-,36,40);1H. The molecule has 1 amide bonds. The summed E-state index contributed by atoms with van der Waals surface area (Å²) in [6.45, 7) is 5.83. The Kier molecular flexibility index (Phi) is 26.3. The topological polar surface area (TPSA) is 110 Å². The monoisotopic (exact) mass is 650 g/mol. The molecule has 0 aliphatic rings. The van der Waals surface area contributed by atoms with E-state index in [2.05, 4.69) is 16.9 Å². The highest BCUT2D eigenvalue weighted by molar-refractivity contribution is 5.92. The lowest BCUT2D eigenvalue weighted by atomic mass is 10.0. The second kappa shape index (κ2) is 29.1. The van der Waals surface area contributed by atoms with Gasteiger partial charge in [-0.25, -0.2) is 14.5 Å². The molecule has 0 fully saturated rings. The van der Waals surface area contributed by atoms with Crippen molar-refractivity contribution in [2.75, 3.05) is 39.6 Å². The number of pyridine rings is 1. The Morgan fingerprint density at radius 2 is 1.36 bits per heavy atom. The lowest BCUT2D eigenvalue weighted by molar-refractivity contribution is -0.698. The Morgan fingerprint density at radius 3 is 1.93 bits per heavy atom. The number of carbonyl (C=O) groups excluding carboxylic acids is 1. The fourth-order valence-electron chi connectivity index (χ4n) is 5.01. The zero-order valence-corrected chi connectivity index (χ0v) is 28.5. The third-order valence-corrected chi connectivity index (χ3v) is 7.60. The first kappa shape index (κ1) is 40.7. The maximum atomic E-state index is 11.3. The first-order valence-electron chi connectivity index (χ1n) is 17.1. The van der Waals surface area contributed by atoms with Crippen LogP contribution in [0.15, 0.2) is 43.1 Å². The van der Waals surface area contributed by atoms with E-state index in [-0.39, 0.29) is 18.5 Å². The summed E-state index contributed by atoms with van der Waals surface area (Å²) in [5.41, 5.74) is 5.81. The molecule has 0 spiro atoms. The number of hydrogen-bond donors (Lipinski definition) is 1. The molecular weight excluding hydrogens is 592 g/mol. The number of aromatic nitrogens is 3. The molecule has 2 heterocycles. The van der Waals surface area contributed by atoms with Gasteiger partial charge in [-0.2, -0.15) is 0 Å². The van der Waals surface area contributed by atoms with Gasteiger partial charge in [0.25, 0.3) is 5.91 Å². The van der Waals surface area contributed by atoms with Gasteiger partial charge in [-0.05, 0) is 12.5 Å². The van der Waals surface area contributed by atoms with Crippen molar-refractivity contribution in [1.82, 2.24) is 9.97 Å². The molecule has 0 aromatic carbocycles. The Bertz CT molecular complexity index is 957. The smallest absolute Gasteiger partial charge is 0.254 e. The number of nitrogens with two attached hydrogens (primary N) is 1. The van der Waals surface area contributed by atoms with Crippen LogP contribution in [-0.2, 0) is 20.8 Å². The summed E-state index contributed by atoms with van der Waals surface area (Å²) in [4.78, 5) is 19.4. The Labute approximate surface area is 278 Å². The zero-order valence-electron chi connectivity index (χ0n) is 27.7. The molecular formula is C35H59ClN4O5. The Balaban J connectivity index is 0.0000101. The van der Waals surface area contributed by atoms with Gasteiger partial charge in [0.2, 0.25) is 5.88 Å². The third kappa shape index (κ3) is 22.8. The van der Waals surface area contributed by atoms with Crippen molar-refractivity contribution in [1.29, 1.82) is 0 Å². The minimum atomic E-state index is -0.443. The van der Waals surface area contributed by atoms with Gasteiger partial charge >= 0.3 is 0 Å². The number of ether oxygens (including phenoxy) is 4. The number of primary amides is 1. The number of unbranched alkanes of at least 4 members (excludes halogenated alkanes) is 15. The largest absolute Gasteiger partial charge is 1.00 e. The van der Waals surface area contributed by atoms with Gasteiger partial charge in [-0.15, -0.1) is 0 Å². The summed E-state index contributed by atoms with van der Waals surface area (Å²) in [6.07, 6.45) is 28.2. The highest BCUT2D eigenvalue weighted by Gasteiger charge is 2.13. The average Bonchev–Trinajstić information content (AvgIpc) is 3.04. The minimum absolute atomic E-state index is 0. The molecule has 2 rings (SSSR count). The molecule has 0 saturated heterocycles. The summed E-state index contributed by atoms with van der Waals surface area (Å²) < 4.78 is 25.3.